The van der Waals surface area contributed by atoms with Gasteiger partial charge in [0.25, 0.3) is 0 Å². The van der Waals surface area contributed by atoms with Crippen LogP contribution in [-0.4, -0.2) is 60.5 Å². The van der Waals surface area contributed by atoms with Gasteiger partial charge < -0.3 is 9.80 Å². The smallest absolute Gasteiger partial charge is 0.381 e. The molecule has 2 atom stereocenters. The summed E-state index contributed by atoms with van der Waals surface area (Å²) in [6, 6.07) is 0. The maximum Gasteiger partial charge on any atom is 0.445 e. The number of carbonyl (C=O) groups excluding carboxylic acids is 1. The summed E-state index contributed by atoms with van der Waals surface area (Å²) in [5.74, 6) is 0.0941. The maximum atomic E-state index is 12.7. The van der Waals surface area contributed by atoms with Gasteiger partial charge in [-0.05, 0) is 13.0 Å². The highest BCUT2D eigenvalue weighted by Gasteiger charge is 2.36. The van der Waals surface area contributed by atoms with Crippen molar-refractivity contribution < 1.29 is 18.0 Å². The van der Waals surface area contributed by atoms with E-state index in [1.807, 2.05) is 45.8 Å². The summed E-state index contributed by atoms with van der Waals surface area (Å²) in [4.78, 5) is 23.9. The van der Waals surface area contributed by atoms with Crippen molar-refractivity contribution in [3.8, 4) is 0 Å². The van der Waals surface area contributed by atoms with Gasteiger partial charge in [0.1, 0.15) is 5.37 Å². The number of dihydropyridines is 1. The topological polar surface area (TPSA) is 74.0 Å². The van der Waals surface area contributed by atoms with E-state index >= 15 is 0 Å². The van der Waals surface area contributed by atoms with E-state index in [4.69, 9.17) is 0 Å². The van der Waals surface area contributed by atoms with Crippen molar-refractivity contribution in [2.24, 2.45) is 15.9 Å². The largest absolute Gasteiger partial charge is 0.445 e. The van der Waals surface area contributed by atoms with E-state index in [-0.39, 0.29) is 16.4 Å². The number of halogens is 3. The molecular formula is C19H27F3N6OS2. The highest BCUT2D eigenvalue weighted by atomic mass is 32.2. The maximum absolute atomic E-state index is 12.7. The van der Waals surface area contributed by atoms with Crippen molar-refractivity contribution in [3.63, 3.8) is 0 Å². The quantitative estimate of drug-likeness (QED) is 0.246. The number of aromatic nitrogens is 2. The monoisotopic (exact) mass is 476 g/mol. The molecule has 0 amide bonds. The third kappa shape index (κ3) is 7.46. The Morgan fingerprint density at radius 1 is 1.26 bits per heavy atom. The summed E-state index contributed by atoms with van der Waals surface area (Å²) < 4.78 is 38.0. The Bertz CT molecular complexity index is 861. The number of hydrogen-bond donors (Lipinski definition) is 0. The van der Waals surface area contributed by atoms with E-state index in [1.54, 1.807) is 13.1 Å². The minimum atomic E-state index is -4.54. The van der Waals surface area contributed by atoms with Crippen LogP contribution < -0.4 is 4.90 Å². The van der Waals surface area contributed by atoms with Gasteiger partial charge in [-0.15, -0.1) is 10.2 Å². The van der Waals surface area contributed by atoms with Gasteiger partial charge in [0.2, 0.25) is 10.1 Å². The average molecular weight is 477 g/mol. The summed E-state index contributed by atoms with van der Waals surface area (Å²) in [7, 11) is 5.40. The first-order valence-electron chi connectivity index (χ1n) is 9.45. The van der Waals surface area contributed by atoms with Crippen molar-refractivity contribution in [1.29, 1.82) is 0 Å². The third-order valence-corrected chi connectivity index (χ3v) is 6.46. The molecule has 172 valence electrons. The summed E-state index contributed by atoms with van der Waals surface area (Å²) in [6.45, 7) is 7.69. The zero-order valence-electron chi connectivity index (χ0n) is 18.5. The molecule has 0 spiro atoms. The predicted molar refractivity (Wildman–Crippen MR) is 123 cm³/mol. The summed E-state index contributed by atoms with van der Waals surface area (Å²) in [5, 5.41) is 5.48. The molecule has 31 heavy (non-hydrogen) atoms. The highest BCUT2D eigenvalue weighted by molar-refractivity contribution is 8.04. The molecule has 0 fully saturated rings. The van der Waals surface area contributed by atoms with E-state index in [0.717, 1.165) is 5.70 Å². The van der Waals surface area contributed by atoms with Crippen LogP contribution in [0.25, 0.3) is 0 Å². The Labute approximate surface area is 188 Å². The molecule has 1 aromatic rings. The van der Waals surface area contributed by atoms with Gasteiger partial charge in [0, 0.05) is 39.0 Å². The Balaban J connectivity index is 0.00000233. The van der Waals surface area contributed by atoms with E-state index < -0.39 is 11.2 Å². The molecule has 2 heterocycles. The highest BCUT2D eigenvalue weighted by Crippen LogP contribution is 2.35. The summed E-state index contributed by atoms with van der Waals surface area (Å²) in [6.07, 6.45) is 1.12. The first-order chi connectivity index (χ1) is 14.5. The lowest BCUT2D eigenvalue weighted by atomic mass is 10.1. The van der Waals surface area contributed by atoms with Crippen LogP contribution in [0.15, 0.2) is 32.4 Å². The number of aldehydes is 1. The molecule has 0 N–H and O–H groups in total. The van der Waals surface area contributed by atoms with Crippen molar-refractivity contribution in [2.75, 3.05) is 26.0 Å². The average Bonchev–Trinajstić information content (AvgIpc) is 3.23. The molecule has 1 aromatic heterocycles. The first kappa shape index (κ1) is 26.8. The van der Waals surface area contributed by atoms with Crippen LogP contribution in [0.1, 0.15) is 32.7 Å². The summed E-state index contributed by atoms with van der Waals surface area (Å²) >= 11 is 1.71. The zero-order chi connectivity index (χ0) is 23.8. The van der Waals surface area contributed by atoms with Crippen molar-refractivity contribution >= 4 is 47.1 Å². The SMILES string of the molecule is C/C(N=CN(C)c1nnc(C(F)(F)F)s1)=C(/C=O)SC1N=CC=C(N(C)C)C1C.CC. The van der Waals surface area contributed by atoms with E-state index in [1.165, 1.54) is 30.0 Å². The molecule has 1 aliphatic heterocycles. The van der Waals surface area contributed by atoms with E-state index in [2.05, 4.69) is 20.2 Å². The predicted octanol–water partition coefficient (Wildman–Crippen LogP) is 4.70. The fraction of sp³-hybridized carbons (Fsp3) is 0.526. The molecule has 0 bridgehead atoms. The fourth-order valence-electron chi connectivity index (χ4n) is 2.41. The Morgan fingerprint density at radius 2 is 1.90 bits per heavy atom. The van der Waals surface area contributed by atoms with E-state index in [0.29, 0.717) is 28.2 Å². The van der Waals surface area contributed by atoms with Gasteiger partial charge in [0.15, 0.2) is 6.29 Å². The Morgan fingerprint density at radius 3 is 2.42 bits per heavy atom. The van der Waals surface area contributed by atoms with Crippen molar-refractivity contribution in [2.45, 2.75) is 39.2 Å². The Kier molecular flexibility index (Phi) is 10.4. The van der Waals surface area contributed by atoms with Gasteiger partial charge in [-0.1, -0.05) is 43.9 Å². The molecule has 0 aromatic carbocycles. The molecule has 0 saturated heterocycles. The lowest BCUT2D eigenvalue weighted by Gasteiger charge is -2.29. The lowest BCUT2D eigenvalue weighted by molar-refractivity contribution is -0.138. The van der Waals surface area contributed by atoms with Gasteiger partial charge in [-0.25, -0.2) is 4.99 Å². The molecule has 0 aliphatic carbocycles. The second-order valence-corrected chi connectivity index (χ2v) is 8.51. The number of nitrogens with zero attached hydrogens (tertiary/aromatic N) is 6. The number of thioether (sulfide) groups is 1. The van der Waals surface area contributed by atoms with Gasteiger partial charge in [-0.3, -0.25) is 9.79 Å². The van der Waals surface area contributed by atoms with E-state index in [9.17, 15) is 18.0 Å². The normalized spacial score (nSPS) is 19.4. The Hall–Kier alpha value is -2.21. The summed E-state index contributed by atoms with van der Waals surface area (Å²) in [5.41, 5.74) is 1.53. The standard InChI is InChI=1S/C17H21F3N6OS2.C2H6/c1-10-12(25(3)4)6-7-21-14(10)28-13(8-27)11(2)22-9-26(5)16-24-23-15(29-16)17(18,19)20;1-2/h6-10,14H,1-5H3;1-2H3/b13-11+,22-9?;. The number of aliphatic imine (C=N–C) groups is 2. The second kappa shape index (κ2) is 12.0. The number of rotatable bonds is 7. The number of alkyl halides is 3. The van der Waals surface area contributed by atoms with Crippen molar-refractivity contribution in [1.82, 2.24) is 15.1 Å². The molecular weight excluding hydrogens is 449 g/mol. The van der Waals surface area contributed by atoms with Crippen LogP contribution in [0.2, 0.25) is 0 Å². The molecule has 12 heteroatoms. The van der Waals surface area contributed by atoms with Crippen LogP contribution in [-0.2, 0) is 11.0 Å². The fourth-order valence-corrected chi connectivity index (χ4v) is 4.06. The molecule has 1 aliphatic rings. The zero-order valence-corrected chi connectivity index (χ0v) is 20.1. The van der Waals surface area contributed by atoms with Crippen LogP contribution >= 0.6 is 23.1 Å². The number of hydrogen-bond acceptors (Lipinski definition) is 8. The number of carbonyl (C=O) groups is 1. The minimum absolute atomic E-state index is 0.0421. The molecule has 2 rings (SSSR count). The second-order valence-electron chi connectivity index (χ2n) is 6.39. The van der Waals surface area contributed by atoms with Crippen LogP contribution in [0.5, 0.6) is 0 Å². The van der Waals surface area contributed by atoms with Gasteiger partial charge in [0.05, 0.1) is 16.9 Å². The third-order valence-electron chi connectivity index (χ3n) is 3.98. The molecule has 0 radical (unpaired) electrons. The number of allylic oxidation sites excluding steroid dienone is 3. The van der Waals surface area contributed by atoms with Gasteiger partial charge >= 0.3 is 6.18 Å². The van der Waals surface area contributed by atoms with Crippen LogP contribution in [0.3, 0.4) is 0 Å². The van der Waals surface area contributed by atoms with Crippen LogP contribution in [0.4, 0.5) is 18.3 Å². The lowest BCUT2D eigenvalue weighted by Crippen LogP contribution is -2.27. The first-order valence-corrected chi connectivity index (χ1v) is 11.1. The molecule has 2 unspecified atom stereocenters. The molecule has 7 nitrogen and oxygen atoms in total. The van der Waals surface area contributed by atoms with Crippen molar-refractivity contribution in [3.05, 3.63) is 27.4 Å². The molecule has 0 saturated carbocycles. The van der Waals surface area contributed by atoms with Gasteiger partial charge in [-0.2, -0.15) is 13.2 Å². The van der Waals surface area contributed by atoms with Crippen LogP contribution in [0, 0.1) is 5.92 Å². The minimum Gasteiger partial charge on any atom is -0.381 e. The number of anilines is 1.